The normalized spacial score (nSPS) is 10.0. The van der Waals surface area contributed by atoms with Crippen molar-refractivity contribution in [2.45, 2.75) is 33.6 Å². The van der Waals surface area contributed by atoms with Crippen molar-refractivity contribution in [3.05, 3.63) is 24.3 Å². The molecule has 0 amide bonds. The van der Waals surface area contributed by atoms with Crippen molar-refractivity contribution >= 4 is 15.9 Å². The Morgan fingerprint density at radius 1 is 1.45 bits per heavy atom. The lowest BCUT2D eigenvalue weighted by molar-refractivity contribution is 0.991. The highest BCUT2D eigenvalue weighted by Gasteiger charge is 1.88. The molecule has 0 bridgehead atoms. The highest BCUT2D eigenvalue weighted by molar-refractivity contribution is 9.09. The van der Waals surface area contributed by atoms with Gasteiger partial charge >= 0.3 is 0 Å². The van der Waals surface area contributed by atoms with E-state index in [0.717, 1.165) is 18.2 Å². The van der Waals surface area contributed by atoms with Gasteiger partial charge in [-0.1, -0.05) is 61.0 Å². The molecular weight excluding hydrogens is 200 g/mol. The molecule has 0 saturated carbocycles. The van der Waals surface area contributed by atoms with E-state index in [1.54, 1.807) is 0 Å². The molecule has 0 atom stereocenters. The van der Waals surface area contributed by atoms with Crippen LogP contribution in [0.4, 0.5) is 0 Å². The van der Waals surface area contributed by atoms with Gasteiger partial charge in [0.05, 0.1) is 0 Å². The van der Waals surface area contributed by atoms with Gasteiger partial charge in [-0.25, -0.2) is 0 Å². The molecule has 0 aromatic heterocycles. The van der Waals surface area contributed by atoms with Crippen molar-refractivity contribution in [2.24, 2.45) is 0 Å². The third kappa shape index (κ3) is 9.96. The van der Waals surface area contributed by atoms with Gasteiger partial charge in [0.25, 0.3) is 0 Å². The van der Waals surface area contributed by atoms with Crippen LogP contribution in [0.25, 0.3) is 0 Å². The zero-order chi connectivity index (χ0) is 9.11. The molecule has 0 unspecified atom stereocenters. The maximum atomic E-state index is 3.64. The van der Waals surface area contributed by atoms with Gasteiger partial charge in [0.2, 0.25) is 0 Å². The number of allylic oxidation sites excluding steroid dienone is 3. The van der Waals surface area contributed by atoms with Gasteiger partial charge in [0, 0.05) is 5.33 Å². The van der Waals surface area contributed by atoms with Crippen LogP contribution in [0, 0.1) is 0 Å². The molecule has 0 nitrogen and oxygen atoms in total. The van der Waals surface area contributed by atoms with Crippen molar-refractivity contribution < 1.29 is 0 Å². The molecule has 0 heterocycles. The molecule has 0 aromatic carbocycles. The molecule has 1 heteroatoms. The summed E-state index contributed by atoms with van der Waals surface area (Å²) in [5.41, 5.74) is 1.46. The standard InChI is InChI=1S/C8H13Br.C2H6/c1-3-5-8(4-2)6-7-9;1-2/h3,5H,1,4,6-7H2,2H3;1-2H3/b8-5+;. The van der Waals surface area contributed by atoms with Gasteiger partial charge in [0.1, 0.15) is 0 Å². The SMILES string of the molecule is C=C/C=C(\CC)CCBr.CC. The predicted molar refractivity (Wildman–Crippen MR) is 58.3 cm³/mol. The zero-order valence-electron chi connectivity index (χ0n) is 7.86. The maximum absolute atomic E-state index is 3.64. The summed E-state index contributed by atoms with van der Waals surface area (Å²) >= 11 is 3.39. The van der Waals surface area contributed by atoms with Crippen molar-refractivity contribution in [2.75, 3.05) is 5.33 Å². The van der Waals surface area contributed by atoms with E-state index >= 15 is 0 Å². The van der Waals surface area contributed by atoms with Gasteiger partial charge in [-0.2, -0.15) is 0 Å². The summed E-state index contributed by atoms with van der Waals surface area (Å²) in [5.74, 6) is 0. The van der Waals surface area contributed by atoms with Gasteiger partial charge in [-0.05, 0) is 12.8 Å². The molecule has 11 heavy (non-hydrogen) atoms. The van der Waals surface area contributed by atoms with Crippen LogP contribution in [0.2, 0.25) is 0 Å². The minimum Gasteiger partial charge on any atom is -0.0991 e. The highest BCUT2D eigenvalue weighted by atomic mass is 79.9. The van der Waals surface area contributed by atoms with Crippen LogP contribution < -0.4 is 0 Å². The monoisotopic (exact) mass is 218 g/mol. The Bertz CT molecular complexity index is 103. The first kappa shape index (κ1) is 13.5. The number of rotatable bonds is 4. The quantitative estimate of drug-likeness (QED) is 0.488. The fourth-order valence-electron chi connectivity index (χ4n) is 0.666. The molecule has 0 aromatic rings. The number of halogens is 1. The number of alkyl halides is 1. The molecule has 0 fully saturated rings. The molecule has 0 aliphatic heterocycles. The second-order valence-electron chi connectivity index (χ2n) is 1.85. The Hall–Kier alpha value is -0.0400. The Morgan fingerprint density at radius 2 is 2.00 bits per heavy atom. The minimum absolute atomic E-state index is 1.06. The fourth-order valence-corrected chi connectivity index (χ4v) is 1.18. The summed E-state index contributed by atoms with van der Waals surface area (Å²) in [6, 6.07) is 0. The summed E-state index contributed by atoms with van der Waals surface area (Å²) in [6.07, 6.45) is 6.21. The van der Waals surface area contributed by atoms with Crippen LogP contribution >= 0.6 is 15.9 Å². The van der Waals surface area contributed by atoms with Gasteiger partial charge in [-0.15, -0.1) is 0 Å². The van der Waals surface area contributed by atoms with E-state index in [0.29, 0.717) is 0 Å². The highest BCUT2D eigenvalue weighted by Crippen LogP contribution is 2.07. The summed E-state index contributed by atoms with van der Waals surface area (Å²) in [6.45, 7) is 9.80. The Balaban J connectivity index is 0. The molecule has 0 rings (SSSR count). The van der Waals surface area contributed by atoms with E-state index in [-0.39, 0.29) is 0 Å². The van der Waals surface area contributed by atoms with E-state index < -0.39 is 0 Å². The summed E-state index contributed by atoms with van der Waals surface area (Å²) in [5, 5.41) is 1.06. The lowest BCUT2D eigenvalue weighted by atomic mass is 10.1. The van der Waals surface area contributed by atoms with Crippen LogP contribution in [0.1, 0.15) is 33.6 Å². The van der Waals surface area contributed by atoms with Crippen LogP contribution in [0.3, 0.4) is 0 Å². The van der Waals surface area contributed by atoms with E-state index in [9.17, 15) is 0 Å². The first-order valence-electron chi connectivity index (χ1n) is 4.21. The first-order valence-corrected chi connectivity index (χ1v) is 5.33. The van der Waals surface area contributed by atoms with Crippen molar-refractivity contribution in [1.29, 1.82) is 0 Å². The third-order valence-electron chi connectivity index (χ3n) is 1.22. The van der Waals surface area contributed by atoms with Gasteiger partial charge in [0.15, 0.2) is 0 Å². The molecule has 0 radical (unpaired) electrons. The molecule has 0 aliphatic rings. The Morgan fingerprint density at radius 3 is 2.27 bits per heavy atom. The maximum Gasteiger partial charge on any atom is 0.00686 e. The van der Waals surface area contributed by atoms with Crippen LogP contribution in [0.15, 0.2) is 24.3 Å². The molecular formula is C10H19Br. The molecule has 0 spiro atoms. The van der Waals surface area contributed by atoms with Gasteiger partial charge in [-0.3, -0.25) is 0 Å². The molecule has 0 aliphatic carbocycles. The second-order valence-corrected chi connectivity index (χ2v) is 2.65. The summed E-state index contributed by atoms with van der Waals surface area (Å²) in [7, 11) is 0. The summed E-state index contributed by atoms with van der Waals surface area (Å²) in [4.78, 5) is 0. The average Bonchev–Trinajstić information content (AvgIpc) is 2.08. The zero-order valence-corrected chi connectivity index (χ0v) is 9.45. The molecule has 66 valence electrons. The largest absolute Gasteiger partial charge is 0.0991 e. The van der Waals surface area contributed by atoms with Crippen LogP contribution in [0.5, 0.6) is 0 Å². The van der Waals surface area contributed by atoms with Gasteiger partial charge < -0.3 is 0 Å². The Labute approximate surface area is 79.5 Å². The van der Waals surface area contributed by atoms with Crippen LogP contribution in [-0.4, -0.2) is 5.33 Å². The number of hydrogen-bond donors (Lipinski definition) is 0. The van der Waals surface area contributed by atoms with Crippen molar-refractivity contribution in [3.63, 3.8) is 0 Å². The minimum atomic E-state index is 1.06. The molecule has 0 saturated heterocycles. The Kier molecular flexibility index (Phi) is 15.5. The second kappa shape index (κ2) is 12.6. The summed E-state index contributed by atoms with van der Waals surface area (Å²) < 4.78 is 0. The van der Waals surface area contributed by atoms with E-state index in [1.807, 2.05) is 19.9 Å². The van der Waals surface area contributed by atoms with E-state index in [2.05, 4.69) is 35.5 Å². The van der Waals surface area contributed by atoms with E-state index in [4.69, 9.17) is 0 Å². The van der Waals surface area contributed by atoms with Crippen LogP contribution in [-0.2, 0) is 0 Å². The first-order chi connectivity index (χ1) is 5.35. The lowest BCUT2D eigenvalue weighted by Gasteiger charge is -1.97. The fraction of sp³-hybridized carbons (Fsp3) is 0.600. The van der Waals surface area contributed by atoms with Crippen molar-refractivity contribution in [1.82, 2.24) is 0 Å². The van der Waals surface area contributed by atoms with E-state index in [1.165, 1.54) is 5.57 Å². The lowest BCUT2D eigenvalue weighted by Crippen LogP contribution is -1.80. The predicted octanol–water partition coefficient (Wildman–Crippen LogP) is 4.32. The molecule has 0 N–H and O–H groups in total. The third-order valence-corrected chi connectivity index (χ3v) is 1.62. The number of hydrogen-bond acceptors (Lipinski definition) is 0. The smallest absolute Gasteiger partial charge is 0.00686 e. The van der Waals surface area contributed by atoms with Crippen molar-refractivity contribution in [3.8, 4) is 0 Å². The topological polar surface area (TPSA) is 0 Å². The average molecular weight is 219 g/mol.